The molecule has 0 radical (unpaired) electrons. The van der Waals surface area contributed by atoms with Crippen LogP contribution in [0.5, 0.6) is 5.75 Å². The first-order valence-corrected chi connectivity index (χ1v) is 5.81. The van der Waals surface area contributed by atoms with Gasteiger partial charge in [0.25, 0.3) is 0 Å². The minimum Gasteiger partial charge on any atom is -0.493 e. The average molecular weight is 213 g/mol. The summed E-state index contributed by atoms with van der Waals surface area (Å²) in [6, 6.07) is 6.54. The molecule has 82 valence electrons. The van der Waals surface area contributed by atoms with E-state index in [1.54, 1.807) is 0 Å². The van der Waals surface area contributed by atoms with E-state index >= 15 is 0 Å². The lowest BCUT2D eigenvalue weighted by molar-refractivity contribution is 0.288. The number of aryl methyl sites for hydroxylation is 1. The van der Waals surface area contributed by atoms with Gasteiger partial charge in [-0.25, -0.2) is 0 Å². The molecule has 2 heteroatoms. The maximum atomic E-state index is 5.69. The van der Waals surface area contributed by atoms with Crippen molar-refractivity contribution in [2.24, 2.45) is 4.99 Å². The van der Waals surface area contributed by atoms with Crippen LogP contribution in [0, 0.1) is 0 Å². The Morgan fingerprint density at radius 1 is 1.31 bits per heavy atom. The second kappa shape index (κ2) is 3.78. The molecule has 0 spiro atoms. The first-order chi connectivity index (χ1) is 7.83. The van der Waals surface area contributed by atoms with Crippen LogP contribution in [0.25, 0.3) is 5.57 Å². The van der Waals surface area contributed by atoms with Crippen molar-refractivity contribution in [3.8, 4) is 5.75 Å². The number of benzene rings is 1. The molecule has 0 fully saturated rings. The van der Waals surface area contributed by atoms with Gasteiger partial charge in [0.15, 0.2) is 0 Å². The monoisotopic (exact) mass is 213 g/mol. The Kier molecular flexibility index (Phi) is 2.28. The average Bonchev–Trinajstić information content (AvgIpc) is 2.75. The Labute approximate surface area is 95.7 Å². The molecule has 1 aromatic carbocycles. The van der Waals surface area contributed by atoms with Crippen molar-refractivity contribution in [3.63, 3.8) is 0 Å². The molecule has 2 nitrogen and oxygen atoms in total. The van der Waals surface area contributed by atoms with Gasteiger partial charge in [-0.15, -0.1) is 0 Å². The number of hydrogen-bond acceptors (Lipinski definition) is 2. The summed E-state index contributed by atoms with van der Waals surface area (Å²) in [6.45, 7) is 2.92. The predicted octanol–water partition coefficient (Wildman–Crippen LogP) is 3.22. The SMILES string of the molecule is CC1=NC=C(c2ccc3c(c2)OCCC3)C1. The molecule has 0 N–H and O–H groups in total. The third kappa shape index (κ3) is 1.64. The van der Waals surface area contributed by atoms with Crippen molar-refractivity contribution >= 4 is 11.3 Å². The minimum absolute atomic E-state index is 0.852. The van der Waals surface area contributed by atoms with Crippen LogP contribution >= 0.6 is 0 Å². The van der Waals surface area contributed by atoms with Crippen molar-refractivity contribution in [1.82, 2.24) is 0 Å². The fourth-order valence-corrected chi connectivity index (χ4v) is 2.27. The Bertz CT molecular complexity index is 486. The normalized spacial score (nSPS) is 18.6. The van der Waals surface area contributed by atoms with E-state index in [0.717, 1.165) is 31.6 Å². The van der Waals surface area contributed by atoms with Gasteiger partial charge in [0.2, 0.25) is 0 Å². The Morgan fingerprint density at radius 3 is 3.06 bits per heavy atom. The fraction of sp³-hybridized carbons (Fsp3) is 0.357. The summed E-state index contributed by atoms with van der Waals surface area (Å²) in [4.78, 5) is 4.32. The van der Waals surface area contributed by atoms with E-state index in [2.05, 4.69) is 30.1 Å². The van der Waals surface area contributed by atoms with E-state index in [1.165, 1.54) is 22.4 Å². The minimum atomic E-state index is 0.852. The number of hydrogen-bond donors (Lipinski definition) is 0. The molecule has 0 atom stereocenters. The van der Waals surface area contributed by atoms with Crippen LogP contribution in [0.3, 0.4) is 0 Å². The van der Waals surface area contributed by atoms with Crippen molar-refractivity contribution in [2.45, 2.75) is 26.2 Å². The van der Waals surface area contributed by atoms with Crippen molar-refractivity contribution in [1.29, 1.82) is 0 Å². The highest BCUT2D eigenvalue weighted by Crippen LogP contribution is 2.31. The summed E-state index contributed by atoms with van der Waals surface area (Å²) in [7, 11) is 0. The second-order valence-corrected chi connectivity index (χ2v) is 4.47. The molecule has 2 aliphatic heterocycles. The highest BCUT2D eigenvalue weighted by molar-refractivity contribution is 5.96. The second-order valence-electron chi connectivity index (χ2n) is 4.47. The van der Waals surface area contributed by atoms with Crippen LogP contribution in [0.1, 0.15) is 30.9 Å². The highest BCUT2D eigenvalue weighted by atomic mass is 16.5. The molecular weight excluding hydrogens is 198 g/mol. The van der Waals surface area contributed by atoms with Gasteiger partial charge in [-0.05, 0) is 42.5 Å². The topological polar surface area (TPSA) is 21.6 Å². The molecule has 0 unspecified atom stereocenters. The molecule has 0 amide bonds. The van der Waals surface area contributed by atoms with Gasteiger partial charge in [0.1, 0.15) is 5.75 Å². The maximum Gasteiger partial charge on any atom is 0.123 e. The molecule has 3 rings (SSSR count). The van der Waals surface area contributed by atoms with Gasteiger partial charge < -0.3 is 4.74 Å². The van der Waals surface area contributed by atoms with Crippen molar-refractivity contribution < 1.29 is 4.74 Å². The van der Waals surface area contributed by atoms with Gasteiger partial charge in [-0.2, -0.15) is 0 Å². The smallest absolute Gasteiger partial charge is 0.123 e. The van der Waals surface area contributed by atoms with Crippen LogP contribution in [0.2, 0.25) is 0 Å². The van der Waals surface area contributed by atoms with Crippen molar-refractivity contribution in [2.75, 3.05) is 6.61 Å². The Balaban J connectivity index is 1.92. The largest absolute Gasteiger partial charge is 0.493 e. The Morgan fingerprint density at radius 2 is 2.25 bits per heavy atom. The standard InChI is InChI=1S/C14H15NO/c1-10-7-13(9-15-10)12-5-4-11-3-2-6-16-14(11)8-12/h4-5,8-9H,2-3,6-7H2,1H3. The van der Waals surface area contributed by atoms with E-state index in [1.807, 2.05) is 6.20 Å². The van der Waals surface area contributed by atoms with E-state index in [-0.39, 0.29) is 0 Å². The number of rotatable bonds is 1. The van der Waals surface area contributed by atoms with E-state index in [0.29, 0.717) is 0 Å². The summed E-state index contributed by atoms with van der Waals surface area (Å²) in [5.41, 5.74) is 5.08. The zero-order chi connectivity index (χ0) is 11.0. The lowest BCUT2D eigenvalue weighted by atomic mass is 9.98. The van der Waals surface area contributed by atoms with E-state index in [9.17, 15) is 0 Å². The molecule has 0 saturated heterocycles. The summed E-state index contributed by atoms with van der Waals surface area (Å²) in [5.74, 6) is 1.06. The summed E-state index contributed by atoms with van der Waals surface area (Å²) in [5, 5.41) is 0. The highest BCUT2D eigenvalue weighted by Gasteiger charge is 2.14. The maximum absolute atomic E-state index is 5.69. The van der Waals surface area contributed by atoms with Crippen LogP contribution in [0.15, 0.2) is 29.4 Å². The van der Waals surface area contributed by atoms with E-state index in [4.69, 9.17) is 4.74 Å². The molecule has 0 bridgehead atoms. The van der Waals surface area contributed by atoms with E-state index < -0.39 is 0 Å². The quantitative estimate of drug-likeness (QED) is 0.702. The molecular formula is C14H15NO. The van der Waals surface area contributed by atoms with Crippen LogP contribution in [-0.2, 0) is 6.42 Å². The molecule has 0 aromatic heterocycles. The summed E-state index contributed by atoms with van der Waals surface area (Å²) >= 11 is 0. The molecule has 0 aliphatic carbocycles. The molecule has 16 heavy (non-hydrogen) atoms. The zero-order valence-corrected chi connectivity index (χ0v) is 9.49. The van der Waals surface area contributed by atoms with Crippen LogP contribution < -0.4 is 4.74 Å². The number of ether oxygens (including phenoxy) is 1. The summed E-state index contributed by atoms with van der Waals surface area (Å²) < 4.78 is 5.69. The van der Waals surface area contributed by atoms with Gasteiger partial charge in [0, 0.05) is 18.3 Å². The van der Waals surface area contributed by atoms with Gasteiger partial charge >= 0.3 is 0 Å². The summed E-state index contributed by atoms with van der Waals surface area (Å²) in [6.07, 6.45) is 5.22. The third-order valence-corrected chi connectivity index (χ3v) is 3.17. The predicted molar refractivity (Wildman–Crippen MR) is 66.0 cm³/mol. The first kappa shape index (κ1) is 9.64. The van der Waals surface area contributed by atoms with Crippen molar-refractivity contribution in [3.05, 3.63) is 35.5 Å². The van der Waals surface area contributed by atoms with Crippen LogP contribution in [-0.4, -0.2) is 12.3 Å². The molecule has 2 heterocycles. The van der Waals surface area contributed by atoms with Crippen LogP contribution in [0.4, 0.5) is 0 Å². The lowest BCUT2D eigenvalue weighted by Gasteiger charge is -2.18. The lowest BCUT2D eigenvalue weighted by Crippen LogP contribution is -2.08. The number of allylic oxidation sites excluding steroid dienone is 1. The molecule has 1 aromatic rings. The third-order valence-electron chi connectivity index (χ3n) is 3.17. The number of aliphatic imine (C=N–C) groups is 1. The zero-order valence-electron chi connectivity index (χ0n) is 9.49. The Hall–Kier alpha value is -1.57. The molecule has 2 aliphatic rings. The number of nitrogens with zero attached hydrogens (tertiary/aromatic N) is 1. The van der Waals surface area contributed by atoms with Gasteiger partial charge in [0.05, 0.1) is 6.61 Å². The number of fused-ring (bicyclic) bond motifs is 1. The van der Waals surface area contributed by atoms with Gasteiger partial charge in [-0.3, -0.25) is 4.99 Å². The van der Waals surface area contributed by atoms with Gasteiger partial charge in [-0.1, -0.05) is 12.1 Å². The fourth-order valence-electron chi connectivity index (χ4n) is 2.27. The molecule has 0 saturated carbocycles. The first-order valence-electron chi connectivity index (χ1n) is 5.81.